The third kappa shape index (κ3) is 7.19. The molecule has 0 atom stereocenters. The van der Waals surface area contributed by atoms with E-state index in [1.54, 1.807) is 0 Å². The van der Waals surface area contributed by atoms with Crippen molar-refractivity contribution in [2.24, 2.45) is 0 Å². The molecular weight excluding hydrogens is 692 g/mol. The Kier molecular flexibility index (Phi) is 9.31. The summed E-state index contributed by atoms with van der Waals surface area (Å²) in [5.41, 5.74) is 13.3. The fourth-order valence-corrected chi connectivity index (χ4v) is 7.17. The first kappa shape index (κ1) is 33.8. The maximum Gasteiger partial charge on any atom is 0.160 e. The molecular formula is C50H33ClN4. The first-order valence-electron chi connectivity index (χ1n) is 18.2. The van der Waals surface area contributed by atoms with Gasteiger partial charge in [0, 0.05) is 38.4 Å². The SMILES string of the molecule is Clc1cc(-c2ccccc2-c2cc(-c3ccccc3)nc(-c3ccccc3)n2)cc(-c2ccccc2-c2cc(-c3ccccc3)nc(-c3ccccc3)n2)c1. The lowest BCUT2D eigenvalue weighted by atomic mass is 9.91. The summed E-state index contributed by atoms with van der Waals surface area (Å²) in [7, 11) is 0. The van der Waals surface area contributed by atoms with E-state index in [4.69, 9.17) is 31.5 Å². The van der Waals surface area contributed by atoms with Gasteiger partial charge in [-0.25, -0.2) is 19.9 Å². The van der Waals surface area contributed by atoms with Gasteiger partial charge in [0.05, 0.1) is 22.8 Å². The number of aromatic nitrogens is 4. The molecule has 0 amide bonds. The zero-order valence-electron chi connectivity index (χ0n) is 29.7. The Bertz CT molecular complexity index is 2450. The van der Waals surface area contributed by atoms with Gasteiger partial charge in [0.2, 0.25) is 0 Å². The molecule has 7 aromatic carbocycles. The number of hydrogen-bond acceptors (Lipinski definition) is 4. The van der Waals surface area contributed by atoms with Crippen LogP contribution >= 0.6 is 11.6 Å². The number of halogens is 1. The van der Waals surface area contributed by atoms with Crippen LogP contribution in [0.4, 0.5) is 0 Å². The minimum absolute atomic E-state index is 0.632. The molecule has 0 aliphatic heterocycles. The summed E-state index contributed by atoms with van der Waals surface area (Å²) < 4.78 is 0. The fraction of sp³-hybridized carbons (Fsp3) is 0. The highest BCUT2D eigenvalue weighted by molar-refractivity contribution is 6.31. The van der Waals surface area contributed by atoms with Gasteiger partial charge in [0.15, 0.2) is 11.6 Å². The Hall–Kier alpha value is -7.01. The van der Waals surface area contributed by atoms with Gasteiger partial charge in [-0.05, 0) is 52.6 Å². The first-order valence-corrected chi connectivity index (χ1v) is 18.5. The summed E-state index contributed by atoms with van der Waals surface area (Å²) in [5, 5.41) is 0.632. The van der Waals surface area contributed by atoms with Crippen LogP contribution in [0.2, 0.25) is 5.02 Å². The smallest absolute Gasteiger partial charge is 0.160 e. The largest absolute Gasteiger partial charge is 0.228 e. The number of benzene rings is 7. The van der Waals surface area contributed by atoms with Crippen molar-refractivity contribution in [3.8, 4) is 90.1 Å². The van der Waals surface area contributed by atoms with Gasteiger partial charge in [-0.1, -0.05) is 181 Å². The molecule has 0 radical (unpaired) electrons. The van der Waals surface area contributed by atoms with Crippen LogP contribution in [-0.2, 0) is 0 Å². The van der Waals surface area contributed by atoms with E-state index in [0.29, 0.717) is 16.7 Å². The van der Waals surface area contributed by atoms with Crippen LogP contribution < -0.4 is 0 Å². The molecule has 0 saturated heterocycles. The van der Waals surface area contributed by atoms with E-state index >= 15 is 0 Å². The predicted octanol–water partition coefficient (Wildman–Crippen LogP) is 13.3. The third-order valence-corrected chi connectivity index (χ3v) is 9.80. The lowest BCUT2D eigenvalue weighted by Gasteiger charge is -2.16. The zero-order chi connectivity index (χ0) is 37.0. The van der Waals surface area contributed by atoms with Crippen LogP contribution in [-0.4, -0.2) is 19.9 Å². The van der Waals surface area contributed by atoms with Gasteiger partial charge < -0.3 is 0 Å². The Morgan fingerprint density at radius 3 is 0.945 bits per heavy atom. The van der Waals surface area contributed by atoms with Gasteiger partial charge in [-0.3, -0.25) is 0 Å². The minimum Gasteiger partial charge on any atom is -0.228 e. The molecule has 0 N–H and O–H groups in total. The summed E-state index contributed by atoms with van der Waals surface area (Å²) >= 11 is 7.02. The van der Waals surface area contributed by atoms with Crippen LogP contribution in [0.15, 0.2) is 200 Å². The van der Waals surface area contributed by atoms with Gasteiger partial charge in [0.1, 0.15) is 0 Å². The molecule has 0 saturated carbocycles. The molecule has 0 spiro atoms. The monoisotopic (exact) mass is 724 g/mol. The lowest BCUT2D eigenvalue weighted by molar-refractivity contribution is 1.18. The molecule has 0 bridgehead atoms. The Balaban J connectivity index is 1.18. The second-order valence-corrected chi connectivity index (χ2v) is 13.6. The van der Waals surface area contributed by atoms with Gasteiger partial charge in [-0.2, -0.15) is 0 Å². The maximum atomic E-state index is 7.02. The molecule has 260 valence electrons. The van der Waals surface area contributed by atoms with Crippen molar-refractivity contribution in [3.05, 3.63) is 205 Å². The second-order valence-electron chi connectivity index (χ2n) is 13.2. The molecule has 0 aliphatic carbocycles. The van der Waals surface area contributed by atoms with E-state index in [0.717, 1.165) is 78.4 Å². The summed E-state index contributed by atoms with van der Waals surface area (Å²) in [6.07, 6.45) is 0. The van der Waals surface area contributed by atoms with E-state index in [1.165, 1.54) is 0 Å². The molecule has 5 heteroatoms. The molecule has 4 nitrogen and oxygen atoms in total. The van der Waals surface area contributed by atoms with Crippen molar-refractivity contribution < 1.29 is 0 Å². The van der Waals surface area contributed by atoms with Crippen molar-refractivity contribution in [2.45, 2.75) is 0 Å². The number of nitrogens with zero attached hydrogens (tertiary/aromatic N) is 4. The van der Waals surface area contributed by atoms with E-state index < -0.39 is 0 Å². The van der Waals surface area contributed by atoms with Crippen LogP contribution in [0.1, 0.15) is 0 Å². The van der Waals surface area contributed by atoms with E-state index in [1.807, 2.05) is 109 Å². The van der Waals surface area contributed by atoms with Gasteiger partial charge in [0.25, 0.3) is 0 Å². The predicted molar refractivity (Wildman–Crippen MR) is 226 cm³/mol. The van der Waals surface area contributed by atoms with Crippen molar-refractivity contribution >= 4 is 11.6 Å². The summed E-state index contributed by atoms with van der Waals surface area (Å²) in [6, 6.07) is 67.8. The number of rotatable bonds is 8. The number of hydrogen-bond donors (Lipinski definition) is 0. The fourth-order valence-electron chi connectivity index (χ4n) is 6.93. The minimum atomic E-state index is 0.632. The highest BCUT2D eigenvalue weighted by Crippen LogP contribution is 2.40. The summed E-state index contributed by atoms with van der Waals surface area (Å²) in [5.74, 6) is 1.34. The molecule has 0 unspecified atom stereocenters. The molecule has 55 heavy (non-hydrogen) atoms. The Labute approximate surface area is 325 Å². The Morgan fingerprint density at radius 1 is 0.255 bits per heavy atom. The topological polar surface area (TPSA) is 51.6 Å². The molecule has 9 aromatic rings. The molecule has 0 aliphatic rings. The molecule has 9 rings (SSSR count). The van der Waals surface area contributed by atoms with E-state index in [2.05, 4.69) is 91.0 Å². The summed E-state index contributed by atoms with van der Waals surface area (Å²) in [4.78, 5) is 20.3. The lowest BCUT2D eigenvalue weighted by Crippen LogP contribution is -1.97. The quantitative estimate of drug-likeness (QED) is 0.157. The average molecular weight is 725 g/mol. The standard InChI is InChI=1S/C50H33ClN4/c51-40-30-38(41-25-13-15-27-43(41)47-32-45(34-17-5-1-6-18-34)52-49(54-47)36-21-9-3-10-22-36)29-39(31-40)42-26-14-16-28-44(42)48-33-46(35-19-7-2-8-20-35)53-50(55-48)37-23-11-4-12-24-37/h1-33H. The first-order chi connectivity index (χ1) is 27.2. The molecule has 2 aromatic heterocycles. The third-order valence-electron chi connectivity index (χ3n) is 9.58. The van der Waals surface area contributed by atoms with Crippen LogP contribution in [0, 0.1) is 0 Å². The molecule has 0 fully saturated rings. The van der Waals surface area contributed by atoms with Crippen LogP contribution in [0.5, 0.6) is 0 Å². The highest BCUT2D eigenvalue weighted by atomic mass is 35.5. The average Bonchev–Trinajstić information content (AvgIpc) is 3.27. The van der Waals surface area contributed by atoms with Crippen molar-refractivity contribution in [1.29, 1.82) is 0 Å². The normalized spacial score (nSPS) is 11.0. The van der Waals surface area contributed by atoms with Crippen LogP contribution in [0.3, 0.4) is 0 Å². The second kappa shape index (κ2) is 15.2. The van der Waals surface area contributed by atoms with Gasteiger partial charge >= 0.3 is 0 Å². The van der Waals surface area contributed by atoms with E-state index in [-0.39, 0.29) is 0 Å². The summed E-state index contributed by atoms with van der Waals surface area (Å²) in [6.45, 7) is 0. The van der Waals surface area contributed by atoms with Crippen LogP contribution in [0.25, 0.3) is 90.1 Å². The maximum absolute atomic E-state index is 7.02. The van der Waals surface area contributed by atoms with Crippen molar-refractivity contribution in [2.75, 3.05) is 0 Å². The Morgan fingerprint density at radius 2 is 0.564 bits per heavy atom. The van der Waals surface area contributed by atoms with Crippen molar-refractivity contribution in [3.63, 3.8) is 0 Å². The highest BCUT2D eigenvalue weighted by Gasteiger charge is 2.18. The van der Waals surface area contributed by atoms with E-state index in [9.17, 15) is 0 Å². The molecule has 2 heterocycles. The van der Waals surface area contributed by atoms with Crippen molar-refractivity contribution in [1.82, 2.24) is 19.9 Å². The zero-order valence-corrected chi connectivity index (χ0v) is 30.5. The van der Waals surface area contributed by atoms with Gasteiger partial charge in [-0.15, -0.1) is 0 Å².